The summed E-state index contributed by atoms with van der Waals surface area (Å²) in [4.78, 5) is 10.4. The molecule has 5 heteroatoms. The van der Waals surface area contributed by atoms with Crippen molar-refractivity contribution in [2.24, 2.45) is 0 Å². The first-order valence-corrected chi connectivity index (χ1v) is 4.66. The van der Waals surface area contributed by atoms with Crippen LogP contribution < -0.4 is 0 Å². The number of carbonyl (C=O) groups is 1. The fraction of sp³-hybridized carbons (Fsp3) is 0.300. The highest BCUT2D eigenvalue weighted by Gasteiger charge is 2.20. The highest BCUT2D eigenvalue weighted by molar-refractivity contribution is 6.30. The third-order valence-electron chi connectivity index (χ3n) is 2.05. The van der Waals surface area contributed by atoms with E-state index in [0.29, 0.717) is 0 Å². The Hall–Kier alpha value is -1.16. The van der Waals surface area contributed by atoms with Crippen molar-refractivity contribution in [2.75, 3.05) is 0 Å². The lowest BCUT2D eigenvalue weighted by molar-refractivity contribution is -0.137. The van der Waals surface area contributed by atoms with E-state index < -0.39 is 23.5 Å². The zero-order valence-corrected chi connectivity index (χ0v) is 8.68. The van der Waals surface area contributed by atoms with E-state index in [-0.39, 0.29) is 17.0 Å². The Balaban J connectivity index is 3.12. The summed E-state index contributed by atoms with van der Waals surface area (Å²) in [7, 11) is 0. The van der Waals surface area contributed by atoms with Gasteiger partial charge in [0, 0.05) is 5.56 Å². The molecule has 0 radical (unpaired) electrons. The highest BCUT2D eigenvalue weighted by Crippen LogP contribution is 2.29. The van der Waals surface area contributed by atoms with E-state index in [2.05, 4.69) is 0 Å². The molecule has 0 amide bonds. The predicted molar refractivity (Wildman–Crippen MR) is 52.0 cm³/mol. The maximum absolute atomic E-state index is 13.4. The van der Waals surface area contributed by atoms with Crippen LogP contribution in [0.1, 0.15) is 24.8 Å². The summed E-state index contributed by atoms with van der Waals surface area (Å²) < 4.78 is 26.6. The second kappa shape index (κ2) is 4.57. The van der Waals surface area contributed by atoms with Crippen molar-refractivity contribution in [3.05, 3.63) is 34.4 Å². The van der Waals surface area contributed by atoms with Gasteiger partial charge in [-0.05, 0) is 18.1 Å². The molecule has 1 aromatic rings. The predicted octanol–water partition coefficient (Wildman–Crippen LogP) is 3.20. The van der Waals surface area contributed by atoms with Crippen molar-refractivity contribution in [2.45, 2.75) is 19.3 Å². The second-order valence-corrected chi connectivity index (χ2v) is 3.66. The Labute approximate surface area is 90.5 Å². The Morgan fingerprint density at radius 3 is 2.67 bits per heavy atom. The van der Waals surface area contributed by atoms with Gasteiger partial charge in [0.15, 0.2) is 0 Å². The average Bonchev–Trinajstić information content (AvgIpc) is 2.11. The van der Waals surface area contributed by atoms with Crippen LogP contribution in [0, 0.1) is 11.6 Å². The molecule has 1 rings (SSSR count). The van der Waals surface area contributed by atoms with Crippen LogP contribution in [0.3, 0.4) is 0 Å². The van der Waals surface area contributed by atoms with Crippen LogP contribution in [0.2, 0.25) is 5.02 Å². The van der Waals surface area contributed by atoms with Crippen molar-refractivity contribution >= 4 is 17.6 Å². The van der Waals surface area contributed by atoms with Gasteiger partial charge in [-0.15, -0.1) is 0 Å². The van der Waals surface area contributed by atoms with Crippen molar-refractivity contribution in [3.63, 3.8) is 0 Å². The topological polar surface area (TPSA) is 37.3 Å². The number of carboxylic acid groups (broad SMARTS) is 1. The highest BCUT2D eigenvalue weighted by atomic mass is 35.5. The summed E-state index contributed by atoms with van der Waals surface area (Å²) in [6, 6.07) is 2.13. The molecular weight excluding hydrogens is 226 g/mol. The summed E-state index contributed by atoms with van der Waals surface area (Å²) in [5.74, 6) is -3.52. The summed E-state index contributed by atoms with van der Waals surface area (Å²) in [5, 5.41) is 8.31. The van der Waals surface area contributed by atoms with Crippen LogP contribution in [0.5, 0.6) is 0 Å². The molecule has 0 aromatic heterocycles. The van der Waals surface area contributed by atoms with Crippen LogP contribution in [0.25, 0.3) is 0 Å². The van der Waals surface area contributed by atoms with Crippen LogP contribution >= 0.6 is 11.6 Å². The Bertz CT molecular complexity index is 393. The lowest BCUT2D eigenvalue weighted by Gasteiger charge is -2.12. The molecule has 0 bridgehead atoms. The molecule has 1 atom stereocenters. The van der Waals surface area contributed by atoms with Gasteiger partial charge in [-0.3, -0.25) is 4.79 Å². The third-order valence-corrected chi connectivity index (χ3v) is 2.34. The molecule has 0 saturated heterocycles. The lowest BCUT2D eigenvalue weighted by atomic mass is 9.97. The standard InChI is InChI=1S/C10H9ClF2O2/c1-5(4-8(14)15)9-7(12)3-2-6(11)10(9)13/h2-3,5H,4H2,1H3,(H,14,15). The molecule has 15 heavy (non-hydrogen) atoms. The van der Waals surface area contributed by atoms with Crippen molar-refractivity contribution < 1.29 is 18.7 Å². The number of carboxylic acids is 1. The van der Waals surface area contributed by atoms with Gasteiger partial charge < -0.3 is 5.11 Å². The van der Waals surface area contributed by atoms with Crippen LogP contribution in [0.4, 0.5) is 8.78 Å². The zero-order chi connectivity index (χ0) is 11.6. The van der Waals surface area contributed by atoms with Gasteiger partial charge in [0.2, 0.25) is 0 Å². The first-order valence-electron chi connectivity index (χ1n) is 4.28. The van der Waals surface area contributed by atoms with E-state index in [1.165, 1.54) is 6.92 Å². The maximum Gasteiger partial charge on any atom is 0.303 e. The molecule has 1 unspecified atom stereocenters. The van der Waals surface area contributed by atoms with E-state index in [4.69, 9.17) is 16.7 Å². The fourth-order valence-corrected chi connectivity index (χ4v) is 1.52. The summed E-state index contributed by atoms with van der Waals surface area (Å²) in [6.45, 7) is 1.44. The van der Waals surface area contributed by atoms with Gasteiger partial charge in [0.05, 0.1) is 11.4 Å². The van der Waals surface area contributed by atoms with Gasteiger partial charge in [-0.1, -0.05) is 18.5 Å². The minimum atomic E-state index is -1.11. The fourth-order valence-electron chi connectivity index (χ4n) is 1.36. The smallest absolute Gasteiger partial charge is 0.303 e. The minimum absolute atomic E-state index is 0.205. The SMILES string of the molecule is CC(CC(=O)O)c1c(F)ccc(Cl)c1F. The molecule has 0 aliphatic rings. The number of halogens is 3. The van der Waals surface area contributed by atoms with Gasteiger partial charge in [-0.2, -0.15) is 0 Å². The van der Waals surface area contributed by atoms with E-state index in [0.717, 1.165) is 12.1 Å². The Morgan fingerprint density at radius 1 is 1.53 bits per heavy atom. The van der Waals surface area contributed by atoms with Gasteiger partial charge in [0.25, 0.3) is 0 Å². The molecule has 0 heterocycles. The van der Waals surface area contributed by atoms with E-state index >= 15 is 0 Å². The summed E-state index contributed by atoms with van der Waals surface area (Å²) >= 11 is 5.48. The number of aliphatic carboxylic acids is 1. The minimum Gasteiger partial charge on any atom is -0.481 e. The summed E-state index contributed by atoms with van der Waals surface area (Å²) in [6.07, 6.45) is -0.339. The Morgan fingerprint density at radius 2 is 2.13 bits per heavy atom. The van der Waals surface area contributed by atoms with Crippen LogP contribution in [-0.2, 0) is 4.79 Å². The first kappa shape index (κ1) is 11.9. The largest absolute Gasteiger partial charge is 0.481 e. The average molecular weight is 235 g/mol. The second-order valence-electron chi connectivity index (χ2n) is 3.26. The molecule has 0 fully saturated rings. The lowest BCUT2D eigenvalue weighted by Crippen LogP contribution is -2.07. The van der Waals surface area contributed by atoms with Crippen molar-refractivity contribution in [3.8, 4) is 0 Å². The molecule has 1 aromatic carbocycles. The van der Waals surface area contributed by atoms with Crippen LogP contribution in [-0.4, -0.2) is 11.1 Å². The number of hydrogen-bond donors (Lipinski definition) is 1. The molecule has 0 saturated carbocycles. The molecule has 0 aliphatic heterocycles. The summed E-state index contributed by atoms with van der Waals surface area (Å²) in [5.41, 5.74) is -0.273. The number of benzene rings is 1. The monoisotopic (exact) mass is 234 g/mol. The molecule has 82 valence electrons. The van der Waals surface area contributed by atoms with Crippen molar-refractivity contribution in [1.29, 1.82) is 0 Å². The Kier molecular flexibility index (Phi) is 3.63. The molecular formula is C10H9ClF2O2. The van der Waals surface area contributed by atoms with Gasteiger partial charge in [-0.25, -0.2) is 8.78 Å². The van der Waals surface area contributed by atoms with Crippen molar-refractivity contribution in [1.82, 2.24) is 0 Å². The number of hydrogen-bond acceptors (Lipinski definition) is 1. The number of rotatable bonds is 3. The van der Waals surface area contributed by atoms with Crippen LogP contribution in [0.15, 0.2) is 12.1 Å². The molecule has 0 spiro atoms. The normalized spacial score (nSPS) is 12.5. The molecule has 0 aliphatic carbocycles. The molecule has 1 N–H and O–H groups in total. The first-order chi connectivity index (χ1) is 6.93. The third kappa shape index (κ3) is 2.65. The quantitative estimate of drug-likeness (QED) is 0.816. The molecule has 2 nitrogen and oxygen atoms in total. The van der Waals surface area contributed by atoms with E-state index in [9.17, 15) is 13.6 Å². The zero-order valence-electron chi connectivity index (χ0n) is 7.93. The van der Waals surface area contributed by atoms with Gasteiger partial charge in [0.1, 0.15) is 11.6 Å². The van der Waals surface area contributed by atoms with Gasteiger partial charge >= 0.3 is 5.97 Å². The van der Waals surface area contributed by atoms with E-state index in [1.807, 2.05) is 0 Å². The maximum atomic E-state index is 13.4. The van der Waals surface area contributed by atoms with E-state index in [1.54, 1.807) is 0 Å².